The number of carbonyl (C=O) groups is 1. The molecule has 4 aromatic rings. The number of amides is 1. The quantitative estimate of drug-likeness (QED) is 0.388. The lowest BCUT2D eigenvalue weighted by Crippen LogP contribution is -2.29. The molecule has 1 amide bonds. The van der Waals surface area contributed by atoms with Gasteiger partial charge < -0.3 is 20.1 Å². The van der Waals surface area contributed by atoms with E-state index in [0.29, 0.717) is 18.2 Å². The number of ether oxygens (including phenoxy) is 1. The van der Waals surface area contributed by atoms with Crippen molar-refractivity contribution >= 4 is 28.4 Å². The third kappa shape index (κ3) is 3.85. The second-order valence-corrected chi connectivity index (χ2v) is 8.60. The van der Waals surface area contributed by atoms with Gasteiger partial charge in [-0.2, -0.15) is 0 Å². The van der Waals surface area contributed by atoms with Gasteiger partial charge >= 0.3 is 0 Å². The van der Waals surface area contributed by atoms with E-state index in [1.54, 1.807) is 24.3 Å². The number of fused-ring (bicyclic) bond motifs is 2. The summed E-state index contributed by atoms with van der Waals surface area (Å²) in [5.41, 5.74) is 6.31. The number of nitrogens with one attached hydrogen (secondary N) is 1. The number of carbonyl (C=O) groups excluding carboxylic acids is 1. The molecule has 0 spiro atoms. The van der Waals surface area contributed by atoms with Gasteiger partial charge in [-0.25, -0.2) is 9.97 Å². The fourth-order valence-electron chi connectivity index (χ4n) is 4.78. The van der Waals surface area contributed by atoms with Crippen LogP contribution in [0.4, 0.5) is 11.6 Å². The molecule has 35 heavy (non-hydrogen) atoms. The van der Waals surface area contributed by atoms with Crippen LogP contribution < -0.4 is 15.0 Å². The number of anilines is 2. The molecule has 176 valence electrons. The Kier molecular flexibility index (Phi) is 5.61. The van der Waals surface area contributed by atoms with Gasteiger partial charge in [0.25, 0.3) is 0 Å². The van der Waals surface area contributed by atoms with Crippen LogP contribution in [0.3, 0.4) is 0 Å². The molecule has 2 heterocycles. The van der Waals surface area contributed by atoms with Gasteiger partial charge in [0, 0.05) is 23.3 Å². The van der Waals surface area contributed by atoms with Crippen molar-refractivity contribution in [1.29, 1.82) is 0 Å². The molecule has 0 saturated carbocycles. The first-order chi connectivity index (χ1) is 16.9. The van der Waals surface area contributed by atoms with Gasteiger partial charge in [0.15, 0.2) is 0 Å². The second-order valence-electron chi connectivity index (χ2n) is 8.60. The van der Waals surface area contributed by atoms with Crippen molar-refractivity contribution in [2.75, 3.05) is 23.9 Å². The van der Waals surface area contributed by atoms with Crippen molar-refractivity contribution in [2.45, 2.75) is 19.9 Å². The van der Waals surface area contributed by atoms with Crippen LogP contribution in [0.1, 0.15) is 22.7 Å². The highest BCUT2D eigenvalue weighted by atomic mass is 16.5. The first-order valence-electron chi connectivity index (χ1n) is 11.3. The Morgan fingerprint density at radius 1 is 1.20 bits per heavy atom. The van der Waals surface area contributed by atoms with Crippen molar-refractivity contribution < 1.29 is 14.6 Å². The summed E-state index contributed by atoms with van der Waals surface area (Å²) in [6.07, 6.45) is 3.11. The fourth-order valence-corrected chi connectivity index (χ4v) is 4.78. The van der Waals surface area contributed by atoms with E-state index in [1.807, 2.05) is 56.3 Å². The van der Waals surface area contributed by atoms with Gasteiger partial charge in [0.1, 0.15) is 11.5 Å². The standard InChI is InChI=1S/C28H26N4O3/c1-5-26(34)32-15-22(20-8-6-7-9-23(20)32)31-28-29-14-19-12-18(10-11-21(19)30-28)27-16(2)24(33)13-25(35-4)17(27)3/h5-14,22,33H,1,15H2,2-4H3,(H,29,30,31). The minimum atomic E-state index is -0.136. The van der Waals surface area contributed by atoms with Crippen LogP contribution in [0.5, 0.6) is 11.5 Å². The van der Waals surface area contributed by atoms with Gasteiger partial charge in [-0.3, -0.25) is 4.79 Å². The van der Waals surface area contributed by atoms with Crippen LogP contribution in [0.15, 0.2) is 67.4 Å². The van der Waals surface area contributed by atoms with E-state index in [0.717, 1.165) is 44.4 Å². The topological polar surface area (TPSA) is 87.6 Å². The predicted octanol–water partition coefficient (Wildman–Crippen LogP) is 5.31. The molecule has 1 aromatic heterocycles. The van der Waals surface area contributed by atoms with Crippen LogP contribution in [0.25, 0.3) is 22.0 Å². The van der Waals surface area contributed by atoms with Gasteiger partial charge in [0.2, 0.25) is 11.9 Å². The molecule has 0 radical (unpaired) electrons. The monoisotopic (exact) mass is 466 g/mol. The summed E-state index contributed by atoms with van der Waals surface area (Å²) < 4.78 is 5.44. The van der Waals surface area contributed by atoms with Crippen molar-refractivity contribution in [3.05, 3.63) is 84.1 Å². The molecule has 1 atom stereocenters. The van der Waals surface area contributed by atoms with Crippen molar-refractivity contribution in [2.24, 2.45) is 0 Å². The van der Waals surface area contributed by atoms with E-state index in [1.165, 1.54) is 6.08 Å². The molecular weight excluding hydrogens is 440 g/mol. The zero-order valence-electron chi connectivity index (χ0n) is 19.9. The number of aromatic nitrogens is 2. The van der Waals surface area contributed by atoms with Gasteiger partial charge in [-0.05, 0) is 65.9 Å². The van der Waals surface area contributed by atoms with Gasteiger partial charge in [-0.1, -0.05) is 30.8 Å². The lowest BCUT2D eigenvalue weighted by molar-refractivity contribution is -0.114. The number of para-hydroxylation sites is 1. The molecule has 5 rings (SSSR count). The minimum absolute atomic E-state index is 0.128. The molecule has 1 unspecified atom stereocenters. The third-order valence-electron chi connectivity index (χ3n) is 6.57. The number of aromatic hydroxyl groups is 1. The highest BCUT2D eigenvalue weighted by Gasteiger charge is 2.31. The number of nitrogens with zero attached hydrogens (tertiary/aromatic N) is 3. The summed E-state index contributed by atoms with van der Waals surface area (Å²) in [4.78, 5) is 23.3. The maximum Gasteiger partial charge on any atom is 0.250 e. The highest BCUT2D eigenvalue weighted by molar-refractivity contribution is 6.03. The van der Waals surface area contributed by atoms with E-state index >= 15 is 0 Å². The molecule has 3 aromatic carbocycles. The van der Waals surface area contributed by atoms with Gasteiger partial charge in [0.05, 0.1) is 25.2 Å². The summed E-state index contributed by atoms with van der Waals surface area (Å²) >= 11 is 0. The van der Waals surface area contributed by atoms with E-state index < -0.39 is 0 Å². The first kappa shape index (κ1) is 22.4. The average molecular weight is 467 g/mol. The van der Waals surface area contributed by atoms with Crippen LogP contribution >= 0.6 is 0 Å². The Labute approximate surface area is 203 Å². The van der Waals surface area contributed by atoms with Crippen LogP contribution in [0, 0.1) is 13.8 Å². The zero-order valence-corrected chi connectivity index (χ0v) is 19.9. The first-order valence-corrected chi connectivity index (χ1v) is 11.3. The number of rotatable bonds is 5. The van der Waals surface area contributed by atoms with Crippen LogP contribution in [-0.2, 0) is 4.79 Å². The number of methoxy groups -OCH3 is 1. The van der Waals surface area contributed by atoms with Gasteiger partial charge in [-0.15, -0.1) is 0 Å². The lowest BCUT2D eigenvalue weighted by Gasteiger charge is -2.17. The van der Waals surface area contributed by atoms with E-state index in [4.69, 9.17) is 9.72 Å². The maximum atomic E-state index is 12.3. The average Bonchev–Trinajstić information content (AvgIpc) is 3.24. The second kappa shape index (κ2) is 8.76. The highest BCUT2D eigenvalue weighted by Crippen LogP contribution is 2.40. The summed E-state index contributed by atoms with van der Waals surface area (Å²) in [6.45, 7) is 7.97. The number of benzene rings is 3. The Morgan fingerprint density at radius 2 is 2.00 bits per heavy atom. The van der Waals surface area contributed by atoms with Crippen LogP contribution in [-0.4, -0.2) is 34.6 Å². The normalized spacial score (nSPS) is 14.6. The number of hydrogen-bond donors (Lipinski definition) is 2. The minimum Gasteiger partial charge on any atom is -0.508 e. The summed E-state index contributed by atoms with van der Waals surface area (Å²) in [7, 11) is 1.60. The van der Waals surface area contributed by atoms with Crippen molar-refractivity contribution in [1.82, 2.24) is 9.97 Å². The Morgan fingerprint density at radius 3 is 2.77 bits per heavy atom. The Hall–Kier alpha value is -4.39. The molecule has 0 aliphatic carbocycles. The summed E-state index contributed by atoms with van der Waals surface area (Å²) in [6, 6.07) is 15.3. The van der Waals surface area contributed by atoms with Crippen molar-refractivity contribution in [3.8, 4) is 22.6 Å². The van der Waals surface area contributed by atoms with E-state index in [-0.39, 0.29) is 17.7 Å². The van der Waals surface area contributed by atoms with E-state index in [2.05, 4.69) is 16.9 Å². The third-order valence-corrected chi connectivity index (χ3v) is 6.57. The molecule has 1 aliphatic rings. The molecule has 0 fully saturated rings. The zero-order chi connectivity index (χ0) is 24.7. The molecule has 0 bridgehead atoms. The summed E-state index contributed by atoms with van der Waals surface area (Å²) in [5, 5.41) is 14.6. The molecule has 2 N–H and O–H groups in total. The number of phenolic OH excluding ortho intramolecular Hbond substituents is 1. The smallest absolute Gasteiger partial charge is 0.250 e. The van der Waals surface area contributed by atoms with E-state index in [9.17, 15) is 9.90 Å². The lowest BCUT2D eigenvalue weighted by atomic mass is 9.93. The van der Waals surface area contributed by atoms with Crippen LogP contribution in [0.2, 0.25) is 0 Å². The Balaban J connectivity index is 1.47. The Bertz CT molecular complexity index is 1480. The summed E-state index contributed by atoms with van der Waals surface area (Å²) in [5.74, 6) is 1.19. The molecular formula is C28H26N4O3. The molecule has 0 saturated heterocycles. The SMILES string of the molecule is C=CC(=O)N1CC(Nc2ncc3cc(-c4c(C)c(O)cc(OC)c4C)ccc3n2)c2ccccc21. The maximum absolute atomic E-state index is 12.3. The fraction of sp³-hybridized carbons (Fsp3) is 0.179. The molecule has 7 heteroatoms. The predicted molar refractivity (Wildman–Crippen MR) is 138 cm³/mol. The van der Waals surface area contributed by atoms with Crippen molar-refractivity contribution in [3.63, 3.8) is 0 Å². The molecule has 1 aliphatic heterocycles. The molecule has 7 nitrogen and oxygen atoms in total. The number of hydrogen-bond acceptors (Lipinski definition) is 6. The largest absolute Gasteiger partial charge is 0.508 e. The number of phenols is 1.